The van der Waals surface area contributed by atoms with E-state index in [4.69, 9.17) is 4.74 Å². The fourth-order valence-corrected chi connectivity index (χ4v) is 5.64. The Kier molecular flexibility index (Phi) is 3.82. The van der Waals surface area contributed by atoms with Gasteiger partial charge in [-0.3, -0.25) is 0 Å². The number of pyridine rings is 1. The molecule has 1 aromatic heterocycles. The Bertz CT molecular complexity index is 654. The first kappa shape index (κ1) is 15.4. The molecule has 3 fully saturated rings. The van der Waals surface area contributed by atoms with Crippen LogP contribution in [0.25, 0.3) is 0 Å². The lowest BCUT2D eigenvalue weighted by atomic mass is 9.80. The van der Waals surface area contributed by atoms with Gasteiger partial charge in [0.15, 0.2) is 0 Å². The standard InChI is InChI=1S/C16H23N3O3S/c20-23(21,14-4-5-14)19-11-16(12-19)13(7-10-22-16)6-9-18-15-3-1-2-8-17-15/h1-3,8,13-14H,4-7,9-12H2,(H,17,18)/t13-/m1/s1. The molecule has 0 bridgehead atoms. The van der Waals surface area contributed by atoms with Crippen LogP contribution in [0, 0.1) is 5.92 Å². The Morgan fingerprint density at radius 3 is 2.83 bits per heavy atom. The van der Waals surface area contributed by atoms with E-state index < -0.39 is 10.0 Å². The molecule has 1 aliphatic carbocycles. The van der Waals surface area contributed by atoms with E-state index in [1.165, 1.54) is 0 Å². The Balaban J connectivity index is 1.31. The zero-order valence-electron chi connectivity index (χ0n) is 13.1. The van der Waals surface area contributed by atoms with E-state index in [-0.39, 0.29) is 10.9 Å². The van der Waals surface area contributed by atoms with Crippen molar-refractivity contribution in [3.05, 3.63) is 24.4 Å². The quantitative estimate of drug-likeness (QED) is 0.851. The van der Waals surface area contributed by atoms with Crippen molar-refractivity contribution in [1.82, 2.24) is 9.29 Å². The highest BCUT2D eigenvalue weighted by Crippen LogP contribution is 2.45. The summed E-state index contributed by atoms with van der Waals surface area (Å²) in [6.45, 7) is 2.66. The van der Waals surface area contributed by atoms with E-state index in [1.807, 2.05) is 18.2 Å². The van der Waals surface area contributed by atoms with Crippen LogP contribution in [0.4, 0.5) is 5.82 Å². The SMILES string of the molecule is O=S(=O)(C1CC1)N1CC2(C1)OCC[C@H]2CCNc1ccccn1. The van der Waals surface area contributed by atoms with Gasteiger partial charge >= 0.3 is 0 Å². The maximum absolute atomic E-state index is 12.3. The second kappa shape index (κ2) is 5.72. The molecule has 1 N–H and O–H groups in total. The third-order valence-corrected chi connectivity index (χ3v) is 7.55. The van der Waals surface area contributed by atoms with Crippen LogP contribution >= 0.6 is 0 Å². The van der Waals surface area contributed by atoms with Crippen molar-refractivity contribution in [3.8, 4) is 0 Å². The van der Waals surface area contributed by atoms with E-state index in [0.717, 1.165) is 44.7 Å². The van der Waals surface area contributed by atoms with Gasteiger partial charge in [0, 0.05) is 32.4 Å². The van der Waals surface area contributed by atoms with Gasteiger partial charge in [0.1, 0.15) is 5.82 Å². The summed E-state index contributed by atoms with van der Waals surface area (Å²) in [4.78, 5) is 4.25. The Hall–Kier alpha value is -1.18. The predicted octanol–water partition coefficient (Wildman–Crippen LogP) is 1.47. The highest BCUT2D eigenvalue weighted by molar-refractivity contribution is 7.90. The summed E-state index contributed by atoms with van der Waals surface area (Å²) in [7, 11) is -3.05. The molecule has 1 atom stereocenters. The molecule has 1 spiro atoms. The zero-order chi connectivity index (χ0) is 15.9. The summed E-state index contributed by atoms with van der Waals surface area (Å²) in [5.74, 6) is 1.30. The number of hydrogen-bond donors (Lipinski definition) is 1. The van der Waals surface area contributed by atoms with E-state index in [9.17, 15) is 8.42 Å². The average Bonchev–Trinajstić information content (AvgIpc) is 3.28. The van der Waals surface area contributed by atoms with Crippen molar-refractivity contribution in [2.24, 2.45) is 5.92 Å². The first-order valence-electron chi connectivity index (χ1n) is 8.38. The van der Waals surface area contributed by atoms with E-state index in [2.05, 4.69) is 10.3 Å². The van der Waals surface area contributed by atoms with Gasteiger partial charge in [-0.15, -0.1) is 0 Å². The number of ether oxygens (including phenoxy) is 1. The number of sulfonamides is 1. The first-order valence-corrected chi connectivity index (χ1v) is 9.88. The molecule has 0 amide bonds. The number of anilines is 1. The number of aromatic nitrogens is 1. The summed E-state index contributed by atoms with van der Waals surface area (Å²) in [5.41, 5.74) is -0.242. The van der Waals surface area contributed by atoms with Gasteiger partial charge in [-0.2, -0.15) is 4.31 Å². The van der Waals surface area contributed by atoms with Gasteiger partial charge in [-0.25, -0.2) is 13.4 Å². The van der Waals surface area contributed by atoms with Crippen molar-refractivity contribution in [1.29, 1.82) is 0 Å². The molecule has 1 saturated carbocycles. The number of rotatable bonds is 6. The van der Waals surface area contributed by atoms with Crippen molar-refractivity contribution in [2.75, 3.05) is 31.6 Å². The van der Waals surface area contributed by atoms with Crippen LogP contribution in [-0.4, -0.2) is 54.8 Å². The molecule has 3 heterocycles. The number of hydrogen-bond acceptors (Lipinski definition) is 5. The van der Waals surface area contributed by atoms with Crippen molar-refractivity contribution < 1.29 is 13.2 Å². The fraction of sp³-hybridized carbons (Fsp3) is 0.688. The molecular weight excluding hydrogens is 314 g/mol. The van der Waals surface area contributed by atoms with Crippen LogP contribution in [0.1, 0.15) is 25.7 Å². The van der Waals surface area contributed by atoms with E-state index >= 15 is 0 Å². The van der Waals surface area contributed by atoms with Crippen LogP contribution in [0.3, 0.4) is 0 Å². The van der Waals surface area contributed by atoms with E-state index in [0.29, 0.717) is 19.0 Å². The molecule has 2 aliphatic heterocycles. The van der Waals surface area contributed by atoms with Crippen LogP contribution in [0.15, 0.2) is 24.4 Å². The first-order chi connectivity index (χ1) is 11.1. The summed E-state index contributed by atoms with van der Waals surface area (Å²) < 4.78 is 32.1. The fourth-order valence-electron chi connectivity index (χ4n) is 3.69. The lowest BCUT2D eigenvalue weighted by Gasteiger charge is -2.49. The average molecular weight is 337 g/mol. The number of nitrogens with one attached hydrogen (secondary N) is 1. The minimum Gasteiger partial charge on any atom is -0.372 e. The second-order valence-electron chi connectivity index (χ2n) is 6.84. The van der Waals surface area contributed by atoms with Crippen molar-refractivity contribution >= 4 is 15.8 Å². The van der Waals surface area contributed by atoms with Gasteiger partial charge in [0.05, 0.1) is 10.9 Å². The van der Waals surface area contributed by atoms with Gasteiger partial charge in [-0.1, -0.05) is 6.07 Å². The molecule has 23 heavy (non-hydrogen) atoms. The maximum atomic E-state index is 12.3. The molecule has 7 heteroatoms. The van der Waals surface area contributed by atoms with E-state index in [1.54, 1.807) is 10.5 Å². The maximum Gasteiger partial charge on any atom is 0.217 e. The largest absolute Gasteiger partial charge is 0.372 e. The minimum atomic E-state index is -3.05. The third kappa shape index (κ3) is 2.86. The molecule has 126 valence electrons. The minimum absolute atomic E-state index is 0.120. The summed E-state index contributed by atoms with van der Waals surface area (Å²) in [5, 5.41) is 3.21. The summed E-state index contributed by atoms with van der Waals surface area (Å²) in [6.07, 6.45) is 5.42. The monoisotopic (exact) mass is 337 g/mol. The van der Waals surface area contributed by atoms with Gasteiger partial charge in [0.2, 0.25) is 10.0 Å². The van der Waals surface area contributed by atoms with Gasteiger partial charge < -0.3 is 10.1 Å². The molecule has 2 saturated heterocycles. The van der Waals surface area contributed by atoms with Crippen LogP contribution in [-0.2, 0) is 14.8 Å². The lowest BCUT2D eigenvalue weighted by molar-refractivity contribution is -0.102. The van der Waals surface area contributed by atoms with Crippen LogP contribution < -0.4 is 5.32 Å². The molecule has 6 nitrogen and oxygen atoms in total. The Morgan fingerprint density at radius 2 is 2.13 bits per heavy atom. The summed E-state index contributed by atoms with van der Waals surface area (Å²) in [6, 6.07) is 5.81. The highest BCUT2D eigenvalue weighted by atomic mass is 32.2. The molecule has 0 unspecified atom stereocenters. The smallest absolute Gasteiger partial charge is 0.217 e. The normalized spacial score (nSPS) is 27.0. The molecule has 0 radical (unpaired) electrons. The molecule has 3 aliphatic rings. The highest BCUT2D eigenvalue weighted by Gasteiger charge is 2.57. The Morgan fingerprint density at radius 1 is 1.30 bits per heavy atom. The van der Waals surface area contributed by atoms with Crippen molar-refractivity contribution in [2.45, 2.75) is 36.5 Å². The zero-order valence-corrected chi connectivity index (χ0v) is 14.0. The molecular formula is C16H23N3O3S. The molecule has 4 rings (SSSR count). The van der Waals surface area contributed by atoms with Gasteiger partial charge in [0.25, 0.3) is 0 Å². The van der Waals surface area contributed by atoms with Crippen LogP contribution in [0.5, 0.6) is 0 Å². The van der Waals surface area contributed by atoms with Gasteiger partial charge in [-0.05, 0) is 43.7 Å². The summed E-state index contributed by atoms with van der Waals surface area (Å²) >= 11 is 0. The topological polar surface area (TPSA) is 71.5 Å². The molecule has 1 aromatic rings. The van der Waals surface area contributed by atoms with Crippen LogP contribution in [0.2, 0.25) is 0 Å². The molecule has 0 aromatic carbocycles. The van der Waals surface area contributed by atoms with Crippen molar-refractivity contribution in [3.63, 3.8) is 0 Å². The third-order valence-electron chi connectivity index (χ3n) is 5.26. The Labute approximate surface area is 137 Å². The second-order valence-corrected chi connectivity index (χ2v) is 9.05. The lowest BCUT2D eigenvalue weighted by Crippen LogP contribution is -2.66. The predicted molar refractivity (Wildman–Crippen MR) is 87.6 cm³/mol. The number of nitrogens with zero attached hydrogens (tertiary/aromatic N) is 2.